The molecule has 224 valence electrons. The largest absolute Gasteiger partial charge is 0.354 e. The van der Waals surface area contributed by atoms with E-state index in [-0.39, 0.29) is 29.5 Å². The maximum Gasteiger partial charge on any atom is 0.264 e. The van der Waals surface area contributed by atoms with Crippen LogP contribution < -0.4 is 9.62 Å². The third-order valence-corrected chi connectivity index (χ3v) is 9.26. The Kier molecular flexibility index (Phi) is 11.0. The summed E-state index contributed by atoms with van der Waals surface area (Å²) in [4.78, 5) is 29.5. The number of benzene rings is 4. The molecule has 0 aliphatic rings. The minimum atomic E-state index is -4.18. The van der Waals surface area contributed by atoms with E-state index in [2.05, 4.69) is 5.32 Å². The van der Waals surface area contributed by atoms with Crippen LogP contribution in [-0.2, 0) is 32.6 Å². The highest BCUT2D eigenvalue weighted by molar-refractivity contribution is 7.92. The molecule has 9 heteroatoms. The quantitative estimate of drug-likeness (QED) is 0.199. The first kappa shape index (κ1) is 31.8. The highest BCUT2D eigenvalue weighted by Gasteiger charge is 2.34. The second-order valence-electron chi connectivity index (χ2n) is 10.3. The number of nitrogens with one attached hydrogen (secondary N) is 1. The molecule has 4 aromatic rings. The van der Waals surface area contributed by atoms with Gasteiger partial charge in [0.2, 0.25) is 11.8 Å². The van der Waals surface area contributed by atoms with Crippen LogP contribution in [0.3, 0.4) is 0 Å². The van der Waals surface area contributed by atoms with Crippen molar-refractivity contribution in [1.82, 2.24) is 10.2 Å². The first-order chi connectivity index (χ1) is 20.7. The van der Waals surface area contributed by atoms with E-state index < -0.39 is 28.5 Å². The van der Waals surface area contributed by atoms with Crippen molar-refractivity contribution in [2.75, 3.05) is 17.4 Å². The van der Waals surface area contributed by atoms with E-state index >= 15 is 0 Å². The number of aryl methyl sites for hydroxylation is 1. The summed E-state index contributed by atoms with van der Waals surface area (Å²) in [6.07, 6.45) is 0.991. The Hall–Kier alpha value is -4.14. The van der Waals surface area contributed by atoms with Gasteiger partial charge in [-0.15, -0.1) is 0 Å². The molecule has 0 spiro atoms. The number of carbonyl (C=O) groups is 2. The van der Waals surface area contributed by atoms with Crippen molar-refractivity contribution in [3.63, 3.8) is 0 Å². The van der Waals surface area contributed by atoms with Gasteiger partial charge >= 0.3 is 0 Å². The van der Waals surface area contributed by atoms with Gasteiger partial charge < -0.3 is 10.2 Å². The van der Waals surface area contributed by atoms with Gasteiger partial charge in [-0.1, -0.05) is 103 Å². The number of hydrogen-bond acceptors (Lipinski definition) is 4. The summed E-state index contributed by atoms with van der Waals surface area (Å²) < 4.78 is 29.1. The first-order valence-corrected chi connectivity index (χ1v) is 16.0. The lowest BCUT2D eigenvalue weighted by Gasteiger charge is -2.34. The number of carbonyl (C=O) groups excluding carboxylic acids is 2. The molecule has 1 N–H and O–H groups in total. The second kappa shape index (κ2) is 14.8. The standard InChI is InChI=1S/C34H36ClN3O4S/c1-3-21-36-34(40)32(22-27-13-7-4-8-14-27)37(24-28-15-9-5-10-16-28)33(39)25-38(29-20-19-26(2)31(35)23-29)43(41,42)30-17-11-6-12-18-30/h4-20,23,32H,3,21-22,24-25H2,1-2H3,(H,36,40)/t32-/m0/s1. The van der Waals surface area contributed by atoms with Gasteiger partial charge in [-0.25, -0.2) is 8.42 Å². The molecule has 0 fully saturated rings. The van der Waals surface area contributed by atoms with Crippen molar-refractivity contribution in [2.24, 2.45) is 0 Å². The number of sulfonamides is 1. The normalized spacial score (nSPS) is 11.9. The molecule has 1 atom stereocenters. The van der Waals surface area contributed by atoms with E-state index in [1.54, 1.807) is 36.4 Å². The minimum Gasteiger partial charge on any atom is -0.354 e. The summed E-state index contributed by atoms with van der Waals surface area (Å²) in [6, 6.07) is 30.8. The molecule has 0 heterocycles. The molecule has 0 saturated heterocycles. The number of nitrogens with zero attached hydrogens (tertiary/aromatic N) is 2. The predicted octanol–water partition coefficient (Wildman–Crippen LogP) is 6.01. The van der Waals surface area contributed by atoms with E-state index in [4.69, 9.17) is 11.6 Å². The Bertz CT molecular complexity index is 1620. The lowest BCUT2D eigenvalue weighted by molar-refractivity contribution is -0.140. The number of halogens is 1. The van der Waals surface area contributed by atoms with Gasteiger partial charge in [0, 0.05) is 24.5 Å². The Balaban J connectivity index is 1.79. The number of hydrogen-bond donors (Lipinski definition) is 1. The van der Waals surface area contributed by atoms with Crippen molar-refractivity contribution in [3.05, 3.63) is 131 Å². The van der Waals surface area contributed by atoms with E-state index in [9.17, 15) is 18.0 Å². The summed E-state index contributed by atoms with van der Waals surface area (Å²) in [5.74, 6) is -0.821. The smallest absolute Gasteiger partial charge is 0.264 e. The average molecular weight is 618 g/mol. The molecule has 7 nitrogen and oxygen atoms in total. The van der Waals surface area contributed by atoms with Gasteiger partial charge in [-0.3, -0.25) is 13.9 Å². The highest BCUT2D eigenvalue weighted by Crippen LogP contribution is 2.29. The second-order valence-corrected chi connectivity index (χ2v) is 12.5. The Labute approximate surface area is 259 Å². The van der Waals surface area contributed by atoms with Gasteiger partial charge in [-0.05, 0) is 54.3 Å². The summed E-state index contributed by atoms with van der Waals surface area (Å²) in [5.41, 5.74) is 2.72. The fraction of sp³-hybridized carbons (Fsp3) is 0.235. The van der Waals surface area contributed by atoms with Crippen molar-refractivity contribution in [1.29, 1.82) is 0 Å². The van der Waals surface area contributed by atoms with Crippen LogP contribution in [0, 0.1) is 6.92 Å². The monoisotopic (exact) mass is 617 g/mol. The summed E-state index contributed by atoms with van der Waals surface area (Å²) in [5, 5.41) is 3.32. The Morgan fingerprint density at radius 1 is 0.837 bits per heavy atom. The van der Waals surface area contributed by atoms with E-state index in [1.165, 1.54) is 17.0 Å². The summed E-state index contributed by atoms with van der Waals surface area (Å²) >= 11 is 6.42. The molecular weight excluding hydrogens is 582 g/mol. The van der Waals surface area contributed by atoms with Crippen LogP contribution in [0.2, 0.25) is 5.02 Å². The van der Waals surface area contributed by atoms with E-state index in [0.717, 1.165) is 27.4 Å². The zero-order chi connectivity index (χ0) is 30.8. The van der Waals surface area contributed by atoms with Crippen molar-refractivity contribution < 1.29 is 18.0 Å². The van der Waals surface area contributed by atoms with Crippen LogP contribution in [0.1, 0.15) is 30.0 Å². The van der Waals surface area contributed by atoms with E-state index in [1.807, 2.05) is 74.5 Å². The highest BCUT2D eigenvalue weighted by atomic mass is 35.5. The van der Waals surface area contributed by atoms with Gasteiger partial charge in [0.05, 0.1) is 10.6 Å². The zero-order valence-corrected chi connectivity index (χ0v) is 25.9. The molecule has 4 rings (SSSR count). The van der Waals surface area contributed by atoms with Gasteiger partial charge in [-0.2, -0.15) is 0 Å². The fourth-order valence-corrected chi connectivity index (χ4v) is 6.29. The number of anilines is 1. The summed E-state index contributed by atoms with van der Waals surface area (Å²) in [6.45, 7) is 3.81. The van der Waals surface area contributed by atoms with Crippen LogP contribution in [0.15, 0.2) is 114 Å². The molecule has 43 heavy (non-hydrogen) atoms. The zero-order valence-electron chi connectivity index (χ0n) is 24.3. The molecular formula is C34H36ClN3O4S. The van der Waals surface area contributed by atoms with Crippen LogP contribution >= 0.6 is 11.6 Å². The lowest BCUT2D eigenvalue weighted by atomic mass is 10.0. The van der Waals surface area contributed by atoms with Crippen molar-refractivity contribution in [3.8, 4) is 0 Å². The van der Waals surface area contributed by atoms with Gasteiger partial charge in [0.25, 0.3) is 10.0 Å². The van der Waals surface area contributed by atoms with Crippen LogP contribution in [0.25, 0.3) is 0 Å². The minimum absolute atomic E-state index is 0.0376. The van der Waals surface area contributed by atoms with Crippen LogP contribution in [0.5, 0.6) is 0 Å². The third kappa shape index (κ3) is 8.24. The number of amides is 2. The van der Waals surface area contributed by atoms with Gasteiger partial charge in [0.15, 0.2) is 0 Å². The molecule has 0 saturated carbocycles. The fourth-order valence-electron chi connectivity index (χ4n) is 4.69. The average Bonchev–Trinajstić information content (AvgIpc) is 3.03. The SMILES string of the molecule is CCCNC(=O)[C@H](Cc1ccccc1)N(Cc1ccccc1)C(=O)CN(c1ccc(C)c(Cl)c1)S(=O)(=O)c1ccccc1. The molecule has 2 amide bonds. The van der Waals surface area contributed by atoms with Crippen LogP contribution in [0.4, 0.5) is 5.69 Å². The van der Waals surface area contributed by atoms with Crippen molar-refractivity contribution in [2.45, 2.75) is 44.2 Å². The Morgan fingerprint density at radius 2 is 1.42 bits per heavy atom. The molecule has 0 unspecified atom stereocenters. The van der Waals surface area contributed by atoms with Gasteiger partial charge in [0.1, 0.15) is 12.6 Å². The molecule has 0 radical (unpaired) electrons. The van der Waals surface area contributed by atoms with E-state index in [0.29, 0.717) is 11.6 Å². The lowest BCUT2D eigenvalue weighted by Crippen LogP contribution is -2.53. The molecule has 0 bridgehead atoms. The maximum atomic E-state index is 14.4. The Morgan fingerprint density at radius 3 is 2.00 bits per heavy atom. The topological polar surface area (TPSA) is 86.8 Å². The van der Waals surface area contributed by atoms with Crippen molar-refractivity contribution >= 4 is 39.1 Å². The van der Waals surface area contributed by atoms with Crippen LogP contribution in [-0.4, -0.2) is 44.3 Å². The molecule has 4 aromatic carbocycles. The predicted molar refractivity (Wildman–Crippen MR) is 171 cm³/mol. The molecule has 0 aromatic heterocycles. The summed E-state index contributed by atoms with van der Waals surface area (Å²) in [7, 11) is -4.18. The molecule has 0 aliphatic carbocycles. The molecule has 0 aliphatic heterocycles. The maximum absolute atomic E-state index is 14.4. The number of rotatable bonds is 13. The third-order valence-electron chi connectivity index (χ3n) is 7.07. The first-order valence-electron chi connectivity index (χ1n) is 14.2.